The quantitative estimate of drug-likeness (QED) is 0.548. The second-order valence-corrected chi connectivity index (χ2v) is 10.9. The molecule has 0 bridgehead atoms. The molecule has 41 heavy (non-hydrogen) atoms. The van der Waals surface area contributed by atoms with Gasteiger partial charge in [0.05, 0.1) is 24.1 Å². The molecule has 11 heteroatoms. The number of hydrogen-bond donors (Lipinski definition) is 2. The maximum Gasteiger partial charge on any atom is 0.257 e. The van der Waals surface area contributed by atoms with Crippen LogP contribution in [0.4, 0.5) is 5.69 Å². The van der Waals surface area contributed by atoms with Crippen molar-refractivity contribution in [2.24, 2.45) is 5.92 Å². The predicted molar refractivity (Wildman–Crippen MR) is 147 cm³/mol. The highest BCUT2D eigenvalue weighted by Gasteiger charge is 2.39. The Bertz CT molecular complexity index is 1310. The summed E-state index contributed by atoms with van der Waals surface area (Å²) >= 11 is 0. The van der Waals surface area contributed by atoms with Gasteiger partial charge in [-0.25, -0.2) is 0 Å². The summed E-state index contributed by atoms with van der Waals surface area (Å²) in [7, 11) is 1.77. The van der Waals surface area contributed by atoms with E-state index >= 15 is 0 Å². The second-order valence-electron chi connectivity index (χ2n) is 10.9. The Labute approximate surface area is 238 Å². The van der Waals surface area contributed by atoms with Gasteiger partial charge in [0.15, 0.2) is 11.5 Å². The van der Waals surface area contributed by atoms with Crippen LogP contribution in [0, 0.1) is 5.92 Å². The zero-order chi connectivity index (χ0) is 28.3. The minimum absolute atomic E-state index is 0.0625. The van der Waals surface area contributed by atoms with Crippen LogP contribution >= 0.6 is 0 Å². The molecule has 0 saturated carbocycles. The molecule has 0 unspecified atom stereocenters. The summed E-state index contributed by atoms with van der Waals surface area (Å²) in [4.78, 5) is 40.6. The highest BCUT2D eigenvalue weighted by atomic mass is 16.7. The fraction of sp³-hybridized carbons (Fsp3) is 0.500. The lowest BCUT2D eigenvalue weighted by molar-refractivity contribution is -0.134. The Morgan fingerprint density at radius 3 is 2.61 bits per heavy atom. The first-order chi connectivity index (χ1) is 19.9. The van der Waals surface area contributed by atoms with Gasteiger partial charge in [0.1, 0.15) is 18.5 Å². The van der Waals surface area contributed by atoms with E-state index in [0.29, 0.717) is 73.9 Å². The Hall–Kier alpha value is -3.83. The van der Waals surface area contributed by atoms with Crippen molar-refractivity contribution in [1.82, 2.24) is 10.2 Å². The molecule has 0 aliphatic carbocycles. The van der Waals surface area contributed by atoms with E-state index in [1.54, 1.807) is 30.1 Å². The van der Waals surface area contributed by atoms with Crippen LogP contribution < -0.4 is 24.8 Å². The third-order valence-electron chi connectivity index (χ3n) is 8.21. The second kappa shape index (κ2) is 12.0. The van der Waals surface area contributed by atoms with Crippen LogP contribution in [0.1, 0.15) is 48.0 Å². The number of fused-ring (bicyclic) bond motifs is 3. The summed E-state index contributed by atoms with van der Waals surface area (Å²) in [6.45, 7) is 1.99. The van der Waals surface area contributed by atoms with Crippen LogP contribution in [0.5, 0.6) is 17.2 Å². The molecular formula is C30H35N3O8. The molecule has 2 saturated heterocycles. The number of rotatable bonds is 6. The van der Waals surface area contributed by atoms with Gasteiger partial charge >= 0.3 is 0 Å². The average Bonchev–Trinajstić information content (AvgIpc) is 3.47. The molecule has 4 heterocycles. The maximum atomic E-state index is 13.5. The standard InChI is InChI=1S/C30H35N3O8/c1-33-23-5-4-21(14-28(34)31-15-18-2-6-25-26(12-18)40-17-39-25)41-27(23)16-38-24-7-3-20(13-22(24)30(33)36)32-29(35)19-8-10-37-11-9-19/h2-3,6-7,12-13,19,21,23,27H,4-5,8-11,14-17H2,1H3,(H,31,34)(H,32,35)/t21-,23+,27+/m0/s1. The number of carbonyl (C=O) groups is 3. The van der Waals surface area contributed by atoms with Crippen LogP contribution in [-0.2, 0) is 25.6 Å². The minimum atomic E-state index is -0.370. The smallest absolute Gasteiger partial charge is 0.257 e. The van der Waals surface area contributed by atoms with Crippen molar-refractivity contribution in [3.63, 3.8) is 0 Å². The molecule has 2 N–H and O–H groups in total. The molecule has 2 aromatic carbocycles. The van der Waals surface area contributed by atoms with E-state index in [4.69, 9.17) is 23.7 Å². The van der Waals surface area contributed by atoms with E-state index in [0.717, 1.165) is 5.56 Å². The number of carbonyl (C=O) groups excluding carboxylic acids is 3. The van der Waals surface area contributed by atoms with E-state index < -0.39 is 0 Å². The lowest BCUT2D eigenvalue weighted by Crippen LogP contribution is -2.53. The van der Waals surface area contributed by atoms with Crippen LogP contribution in [0.3, 0.4) is 0 Å². The maximum absolute atomic E-state index is 13.5. The number of anilines is 1. The molecule has 0 aromatic heterocycles. The van der Waals surface area contributed by atoms with Gasteiger partial charge < -0.3 is 39.2 Å². The largest absolute Gasteiger partial charge is 0.490 e. The van der Waals surface area contributed by atoms with Gasteiger partial charge in [-0.15, -0.1) is 0 Å². The van der Waals surface area contributed by atoms with Gasteiger partial charge in [0.2, 0.25) is 18.6 Å². The van der Waals surface area contributed by atoms with E-state index in [9.17, 15) is 14.4 Å². The van der Waals surface area contributed by atoms with Crippen molar-refractivity contribution in [2.75, 3.05) is 39.0 Å². The van der Waals surface area contributed by atoms with Crippen LogP contribution in [0.15, 0.2) is 36.4 Å². The molecule has 4 aliphatic rings. The number of amides is 3. The minimum Gasteiger partial charge on any atom is -0.490 e. The van der Waals surface area contributed by atoms with Crippen LogP contribution in [-0.4, -0.2) is 74.5 Å². The van der Waals surface area contributed by atoms with Gasteiger partial charge in [-0.1, -0.05) is 6.07 Å². The Morgan fingerprint density at radius 2 is 1.76 bits per heavy atom. The number of likely N-dealkylation sites (N-methyl/N-ethyl adjacent to an activating group) is 1. The van der Waals surface area contributed by atoms with Crippen molar-refractivity contribution in [2.45, 2.75) is 56.9 Å². The summed E-state index contributed by atoms with van der Waals surface area (Å²) in [5, 5.41) is 5.90. The third-order valence-corrected chi connectivity index (χ3v) is 8.21. The van der Waals surface area contributed by atoms with E-state index in [-0.39, 0.29) is 61.7 Å². The molecule has 11 nitrogen and oxygen atoms in total. The van der Waals surface area contributed by atoms with E-state index in [1.807, 2.05) is 18.2 Å². The SMILES string of the molecule is CN1C(=O)c2cc(NC(=O)C3CCOCC3)ccc2OC[C@H]2O[C@H](CC(=O)NCc3ccc4c(c3)OCO4)CC[C@H]21. The highest BCUT2D eigenvalue weighted by molar-refractivity contribution is 6.00. The van der Waals surface area contributed by atoms with Crippen molar-refractivity contribution in [3.05, 3.63) is 47.5 Å². The van der Waals surface area contributed by atoms with Crippen molar-refractivity contribution in [1.29, 1.82) is 0 Å². The summed E-state index contributed by atoms with van der Waals surface area (Å²) in [6, 6.07) is 10.6. The zero-order valence-electron chi connectivity index (χ0n) is 23.1. The van der Waals surface area contributed by atoms with Gasteiger partial charge in [0, 0.05) is 38.4 Å². The van der Waals surface area contributed by atoms with Gasteiger partial charge in [-0.2, -0.15) is 0 Å². The monoisotopic (exact) mass is 565 g/mol. The molecule has 6 rings (SSSR count). The summed E-state index contributed by atoms with van der Waals surface area (Å²) in [5.74, 6) is 1.36. The zero-order valence-corrected chi connectivity index (χ0v) is 23.1. The number of hydrogen-bond acceptors (Lipinski definition) is 8. The van der Waals surface area contributed by atoms with Gasteiger partial charge in [-0.05, 0) is 61.6 Å². The number of benzene rings is 2. The first-order valence-electron chi connectivity index (χ1n) is 14.2. The summed E-state index contributed by atoms with van der Waals surface area (Å²) in [6.07, 6.45) is 2.28. The summed E-state index contributed by atoms with van der Waals surface area (Å²) in [5.41, 5.74) is 1.89. The molecule has 4 aliphatic heterocycles. The fourth-order valence-corrected chi connectivity index (χ4v) is 5.84. The number of nitrogens with one attached hydrogen (secondary N) is 2. The third kappa shape index (κ3) is 6.11. The molecule has 3 amide bonds. The van der Waals surface area contributed by atoms with Gasteiger partial charge in [0.25, 0.3) is 5.91 Å². The molecule has 0 spiro atoms. The van der Waals surface area contributed by atoms with E-state index in [1.165, 1.54) is 0 Å². The molecule has 2 fully saturated rings. The Morgan fingerprint density at radius 1 is 0.951 bits per heavy atom. The number of ether oxygens (including phenoxy) is 5. The average molecular weight is 566 g/mol. The molecular weight excluding hydrogens is 530 g/mol. The predicted octanol–water partition coefficient (Wildman–Crippen LogP) is 2.87. The first-order valence-corrected chi connectivity index (χ1v) is 14.2. The first kappa shape index (κ1) is 27.3. The van der Waals surface area contributed by atoms with Crippen LogP contribution in [0.25, 0.3) is 0 Å². The number of nitrogens with zero attached hydrogens (tertiary/aromatic N) is 1. The van der Waals surface area contributed by atoms with E-state index in [2.05, 4.69) is 10.6 Å². The molecule has 2 aromatic rings. The van der Waals surface area contributed by atoms with Crippen LogP contribution in [0.2, 0.25) is 0 Å². The summed E-state index contributed by atoms with van der Waals surface area (Å²) < 4.78 is 28.5. The molecule has 0 radical (unpaired) electrons. The molecule has 3 atom stereocenters. The lowest BCUT2D eigenvalue weighted by Gasteiger charge is -2.42. The van der Waals surface area contributed by atoms with Crippen molar-refractivity contribution in [3.8, 4) is 17.2 Å². The molecule has 218 valence electrons. The fourth-order valence-electron chi connectivity index (χ4n) is 5.84. The van der Waals surface area contributed by atoms with Gasteiger partial charge in [-0.3, -0.25) is 14.4 Å². The Balaban J connectivity index is 1.05. The lowest BCUT2D eigenvalue weighted by atomic mass is 9.94. The van der Waals surface area contributed by atoms with Crippen molar-refractivity contribution >= 4 is 23.4 Å². The topological polar surface area (TPSA) is 125 Å². The Kier molecular flexibility index (Phi) is 7.97. The normalized spacial score (nSPS) is 23.9. The van der Waals surface area contributed by atoms with Crippen molar-refractivity contribution < 1.29 is 38.1 Å². The highest BCUT2D eigenvalue weighted by Crippen LogP contribution is 2.34.